The maximum atomic E-state index is 13.1. The molecule has 0 spiro atoms. The second-order valence-corrected chi connectivity index (χ2v) is 4.35. The molecule has 0 saturated heterocycles. The van der Waals surface area contributed by atoms with E-state index in [-0.39, 0.29) is 13.0 Å². The van der Waals surface area contributed by atoms with Crippen LogP contribution in [0.2, 0.25) is 0 Å². The third-order valence-electron chi connectivity index (χ3n) is 2.73. The number of pyridine rings is 1. The molecule has 0 amide bonds. The van der Waals surface area contributed by atoms with Crippen LogP contribution in [0.25, 0.3) is 0 Å². The van der Waals surface area contributed by atoms with Crippen LogP contribution in [0.4, 0.5) is 8.78 Å². The molecule has 1 fully saturated rings. The van der Waals surface area contributed by atoms with Crippen molar-refractivity contribution >= 4 is 15.9 Å². The average Bonchev–Trinajstić information content (AvgIpc) is 2.71. The Labute approximate surface area is 88.6 Å². The van der Waals surface area contributed by atoms with Gasteiger partial charge in [-0.1, -0.05) is 6.07 Å². The molecule has 14 heavy (non-hydrogen) atoms. The Morgan fingerprint density at radius 1 is 1.50 bits per heavy atom. The predicted octanol–water partition coefficient (Wildman–Crippen LogP) is 2.08. The molecule has 0 bridgehead atoms. The van der Waals surface area contributed by atoms with Crippen LogP contribution in [0.5, 0.6) is 0 Å². The van der Waals surface area contributed by atoms with Gasteiger partial charge in [0.15, 0.2) is 0 Å². The first-order chi connectivity index (χ1) is 6.52. The van der Waals surface area contributed by atoms with Gasteiger partial charge in [0, 0.05) is 19.2 Å². The minimum absolute atomic E-state index is 0.0384. The lowest BCUT2D eigenvalue weighted by Gasteiger charge is -2.13. The minimum atomic E-state index is -2.67. The molecule has 1 saturated carbocycles. The van der Waals surface area contributed by atoms with E-state index < -0.39 is 11.3 Å². The molecule has 76 valence electrons. The molecule has 5 heteroatoms. The zero-order valence-electron chi connectivity index (χ0n) is 7.30. The van der Waals surface area contributed by atoms with Crippen molar-refractivity contribution in [2.24, 2.45) is 5.73 Å². The van der Waals surface area contributed by atoms with E-state index in [1.807, 2.05) is 0 Å². The van der Waals surface area contributed by atoms with Crippen molar-refractivity contribution in [2.75, 3.05) is 6.54 Å². The molecular weight excluding hydrogens is 254 g/mol. The predicted molar refractivity (Wildman–Crippen MR) is 52.2 cm³/mol. The summed E-state index contributed by atoms with van der Waals surface area (Å²) >= 11 is 3.15. The number of hydrogen-bond acceptors (Lipinski definition) is 2. The van der Waals surface area contributed by atoms with Gasteiger partial charge < -0.3 is 5.73 Å². The van der Waals surface area contributed by atoms with Crippen molar-refractivity contribution in [3.8, 4) is 0 Å². The zero-order valence-corrected chi connectivity index (χ0v) is 8.89. The molecule has 1 atom stereocenters. The summed E-state index contributed by atoms with van der Waals surface area (Å²) in [6, 6.07) is 3.30. The molecule has 1 aliphatic carbocycles. The number of nitrogens with two attached hydrogens (primary N) is 1. The maximum absolute atomic E-state index is 13.1. The van der Waals surface area contributed by atoms with E-state index in [2.05, 4.69) is 20.9 Å². The van der Waals surface area contributed by atoms with Gasteiger partial charge in [0.1, 0.15) is 4.60 Å². The molecule has 0 aliphatic heterocycles. The highest BCUT2D eigenvalue weighted by atomic mass is 79.9. The van der Waals surface area contributed by atoms with Crippen LogP contribution >= 0.6 is 15.9 Å². The third-order valence-corrected chi connectivity index (χ3v) is 3.20. The van der Waals surface area contributed by atoms with Gasteiger partial charge in [0.05, 0.1) is 5.41 Å². The summed E-state index contributed by atoms with van der Waals surface area (Å²) in [5.74, 6) is -2.67. The molecule has 2 nitrogen and oxygen atoms in total. The molecule has 0 radical (unpaired) electrons. The van der Waals surface area contributed by atoms with Crippen LogP contribution in [0.15, 0.2) is 22.9 Å². The number of hydrogen-bond donors (Lipinski definition) is 1. The van der Waals surface area contributed by atoms with Gasteiger partial charge in [-0.25, -0.2) is 13.8 Å². The average molecular weight is 263 g/mol. The Morgan fingerprint density at radius 3 is 2.50 bits per heavy atom. The van der Waals surface area contributed by atoms with Crippen molar-refractivity contribution < 1.29 is 8.78 Å². The molecule has 1 aromatic heterocycles. The lowest BCUT2D eigenvalue weighted by molar-refractivity contribution is 0.0895. The van der Waals surface area contributed by atoms with E-state index in [4.69, 9.17) is 5.73 Å². The molecule has 1 unspecified atom stereocenters. The number of halogens is 3. The summed E-state index contributed by atoms with van der Waals surface area (Å²) in [5, 5.41) is 0. The largest absolute Gasteiger partial charge is 0.329 e. The van der Waals surface area contributed by atoms with Crippen LogP contribution < -0.4 is 5.73 Å². The summed E-state index contributed by atoms with van der Waals surface area (Å²) in [4.78, 5) is 3.93. The minimum Gasteiger partial charge on any atom is -0.329 e. The third kappa shape index (κ3) is 1.26. The van der Waals surface area contributed by atoms with E-state index in [1.54, 1.807) is 12.1 Å². The van der Waals surface area contributed by atoms with Gasteiger partial charge in [0.25, 0.3) is 5.92 Å². The smallest absolute Gasteiger partial charge is 0.260 e. The second kappa shape index (κ2) is 2.97. The van der Waals surface area contributed by atoms with Crippen molar-refractivity contribution in [3.63, 3.8) is 0 Å². The van der Waals surface area contributed by atoms with Gasteiger partial charge in [-0.2, -0.15) is 0 Å². The molecule has 0 aromatic carbocycles. The summed E-state index contributed by atoms with van der Waals surface area (Å²) in [6.07, 6.45) is 1.29. The molecule has 1 aromatic rings. The Balaban J connectivity index is 2.36. The normalized spacial score (nSPS) is 28.9. The fraction of sp³-hybridized carbons (Fsp3) is 0.444. The first-order valence-corrected chi connectivity index (χ1v) is 5.01. The highest BCUT2D eigenvalue weighted by Gasteiger charge is 2.71. The first-order valence-electron chi connectivity index (χ1n) is 4.22. The van der Waals surface area contributed by atoms with E-state index in [9.17, 15) is 8.78 Å². The van der Waals surface area contributed by atoms with Gasteiger partial charge in [-0.05, 0) is 27.6 Å². The van der Waals surface area contributed by atoms with E-state index >= 15 is 0 Å². The Morgan fingerprint density at radius 2 is 2.14 bits per heavy atom. The van der Waals surface area contributed by atoms with Gasteiger partial charge >= 0.3 is 0 Å². The van der Waals surface area contributed by atoms with Crippen molar-refractivity contribution in [1.82, 2.24) is 4.98 Å². The molecule has 2 N–H and O–H groups in total. The lowest BCUT2D eigenvalue weighted by atomic mass is 9.97. The highest BCUT2D eigenvalue weighted by molar-refractivity contribution is 9.10. The van der Waals surface area contributed by atoms with E-state index in [0.717, 1.165) is 0 Å². The SMILES string of the molecule is NCC1(c2ccc(Br)nc2)CC1(F)F. The van der Waals surface area contributed by atoms with Gasteiger partial charge in [0.2, 0.25) is 0 Å². The van der Waals surface area contributed by atoms with Crippen LogP contribution in [-0.4, -0.2) is 17.5 Å². The zero-order chi connectivity index (χ0) is 10.4. The van der Waals surface area contributed by atoms with Crippen LogP contribution in [-0.2, 0) is 5.41 Å². The summed E-state index contributed by atoms with van der Waals surface area (Å²) in [6.45, 7) is -0.0384. The van der Waals surface area contributed by atoms with Gasteiger partial charge in [-0.15, -0.1) is 0 Å². The van der Waals surface area contributed by atoms with E-state index in [1.165, 1.54) is 6.20 Å². The van der Waals surface area contributed by atoms with Crippen LogP contribution in [0, 0.1) is 0 Å². The summed E-state index contributed by atoms with van der Waals surface area (Å²) < 4.78 is 26.9. The first kappa shape index (κ1) is 9.98. The summed E-state index contributed by atoms with van der Waals surface area (Å²) in [7, 11) is 0. The quantitative estimate of drug-likeness (QED) is 0.829. The lowest BCUT2D eigenvalue weighted by Crippen LogP contribution is -2.26. The number of nitrogens with zero attached hydrogens (tertiary/aromatic N) is 1. The maximum Gasteiger partial charge on any atom is 0.260 e. The number of rotatable bonds is 2. The summed E-state index contributed by atoms with van der Waals surface area (Å²) in [5.41, 5.74) is 4.75. The standard InChI is InChI=1S/C9H9BrF2N2/c10-7-2-1-6(3-14-7)8(5-13)4-9(8,11)12/h1-3H,4-5,13H2. The van der Waals surface area contributed by atoms with E-state index in [0.29, 0.717) is 10.2 Å². The number of alkyl halides is 2. The fourth-order valence-corrected chi connectivity index (χ4v) is 1.88. The van der Waals surface area contributed by atoms with Crippen molar-refractivity contribution in [1.29, 1.82) is 0 Å². The van der Waals surface area contributed by atoms with Gasteiger partial charge in [-0.3, -0.25) is 0 Å². The van der Waals surface area contributed by atoms with Crippen molar-refractivity contribution in [2.45, 2.75) is 17.8 Å². The second-order valence-electron chi connectivity index (χ2n) is 3.54. The monoisotopic (exact) mass is 262 g/mol. The molecule has 1 heterocycles. The number of aromatic nitrogens is 1. The Kier molecular flexibility index (Phi) is 2.12. The van der Waals surface area contributed by atoms with Crippen LogP contribution in [0.1, 0.15) is 12.0 Å². The highest BCUT2D eigenvalue weighted by Crippen LogP contribution is 2.60. The fourth-order valence-electron chi connectivity index (χ4n) is 1.65. The molecular formula is C9H9BrF2N2. The Bertz CT molecular complexity index is 352. The van der Waals surface area contributed by atoms with Crippen molar-refractivity contribution in [3.05, 3.63) is 28.5 Å². The van der Waals surface area contributed by atoms with Crippen LogP contribution in [0.3, 0.4) is 0 Å². The molecule has 1 aliphatic rings. The topological polar surface area (TPSA) is 38.9 Å². The Hall–Kier alpha value is -0.550. The molecule has 2 rings (SSSR count).